The Bertz CT molecular complexity index is 906. The van der Waals surface area contributed by atoms with E-state index < -0.39 is 0 Å². The predicted octanol–water partition coefficient (Wildman–Crippen LogP) is 5.11. The van der Waals surface area contributed by atoms with E-state index in [-0.39, 0.29) is 5.91 Å². The molecule has 4 nitrogen and oxygen atoms in total. The number of amides is 1. The van der Waals surface area contributed by atoms with E-state index in [9.17, 15) is 4.79 Å². The summed E-state index contributed by atoms with van der Waals surface area (Å²) >= 11 is 0. The lowest BCUT2D eigenvalue weighted by atomic mass is 10.1. The van der Waals surface area contributed by atoms with Gasteiger partial charge in [-0.3, -0.25) is 9.78 Å². The number of aromatic nitrogens is 1. The van der Waals surface area contributed by atoms with Gasteiger partial charge in [-0.05, 0) is 56.2 Å². The lowest BCUT2D eigenvalue weighted by molar-refractivity contribution is 0.102. The van der Waals surface area contributed by atoms with Crippen molar-refractivity contribution in [2.45, 2.75) is 20.8 Å². The molecular formula is C22H23N3O. The van der Waals surface area contributed by atoms with Crippen LogP contribution in [0.2, 0.25) is 0 Å². The largest absolute Gasteiger partial charge is 0.340 e. The number of hydrogen-bond donors (Lipinski definition) is 1. The van der Waals surface area contributed by atoms with Crippen LogP contribution in [0, 0.1) is 13.8 Å². The van der Waals surface area contributed by atoms with Crippen molar-refractivity contribution in [1.29, 1.82) is 0 Å². The maximum atomic E-state index is 12.7. The van der Waals surface area contributed by atoms with Crippen molar-refractivity contribution < 1.29 is 4.79 Å². The fraction of sp³-hybridized carbons (Fsp3) is 0.182. The molecule has 1 N–H and O–H groups in total. The number of carbonyl (C=O) groups excluding carboxylic acids is 1. The standard InChI is InChI=1S/C22H23N3O/c1-4-25(19-8-6-5-7-9-19)20-13-18(14-23-15-20)22(26)24-21-12-16(2)10-11-17(21)3/h5-15H,4H2,1-3H3,(H,24,26). The van der Waals surface area contributed by atoms with Crippen molar-refractivity contribution >= 4 is 23.0 Å². The van der Waals surface area contributed by atoms with Crippen LogP contribution < -0.4 is 10.2 Å². The van der Waals surface area contributed by atoms with Gasteiger partial charge in [0, 0.05) is 24.1 Å². The summed E-state index contributed by atoms with van der Waals surface area (Å²) in [6.45, 7) is 6.86. The molecule has 0 aliphatic heterocycles. The van der Waals surface area contributed by atoms with Crippen LogP contribution in [0.5, 0.6) is 0 Å². The van der Waals surface area contributed by atoms with Gasteiger partial charge >= 0.3 is 0 Å². The van der Waals surface area contributed by atoms with Crippen molar-refractivity contribution in [2.24, 2.45) is 0 Å². The van der Waals surface area contributed by atoms with Crippen LogP contribution >= 0.6 is 0 Å². The lowest BCUT2D eigenvalue weighted by Gasteiger charge is -2.23. The molecule has 0 fully saturated rings. The number of benzene rings is 2. The zero-order valence-corrected chi connectivity index (χ0v) is 15.4. The van der Waals surface area contributed by atoms with E-state index in [0.29, 0.717) is 5.56 Å². The minimum absolute atomic E-state index is 0.155. The summed E-state index contributed by atoms with van der Waals surface area (Å²) < 4.78 is 0. The molecule has 4 heteroatoms. The van der Waals surface area contributed by atoms with E-state index in [0.717, 1.165) is 34.7 Å². The van der Waals surface area contributed by atoms with Gasteiger partial charge in [-0.2, -0.15) is 0 Å². The number of hydrogen-bond acceptors (Lipinski definition) is 3. The third-order valence-electron chi connectivity index (χ3n) is 4.32. The van der Waals surface area contributed by atoms with Crippen molar-refractivity contribution in [3.8, 4) is 0 Å². The van der Waals surface area contributed by atoms with Gasteiger partial charge in [-0.1, -0.05) is 30.3 Å². The first-order valence-electron chi connectivity index (χ1n) is 8.74. The fourth-order valence-corrected chi connectivity index (χ4v) is 2.89. The van der Waals surface area contributed by atoms with E-state index in [1.54, 1.807) is 12.4 Å². The number of rotatable bonds is 5. The summed E-state index contributed by atoms with van der Waals surface area (Å²) in [5.74, 6) is -0.155. The van der Waals surface area contributed by atoms with E-state index in [2.05, 4.69) is 22.1 Å². The van der Waals surface area contributed by atoms with Crippen LogP contribution in [0.25, 0.3) is 0 Å². The SMILES string of the molecule is CCN(c1ccccc1)c1cncc(C(=O)Nc2cc(C)ccc2C)c1. The van der Waals surface area contributed by atoms with E-state index in [1.165, 1.54) is 0 Å². The third-order valence-corrected chi connectivity index (χ3v) is 4.32. The Hall–Kier alpha value is -3.14. The second kappa shape index (κ2) is 7.83. The summed E-state index contributed by atoms with van der Waals surface area (Å²) in [7, 11) is 0. The Morgan fingerprint density at radius 3 is 2.50 bits per heavy atom. The summed E-state index contributed by atoms with van der Waals surface area (Å²) in [5, 5.41) is 2.99. The average molecular weight is 345 g/mol. The van der Waals surface area contributed by atoms with E-state index >= 15 is 0 Å². The van der Waals surface area contributed by atoms with Crippen LogP contribution in [0.3, 0.4) is 0 Å². The Labute approximate surface area is 154 Å². The smallest absolute Gasteiger partial charge is 0.257 e. The monoisotopic (exact) mass is 345 g/mol. The minimum atomic E-state index is -0.155. The van der Waals surface area contributed by atoms with Crippen molar-refractivity contribution in [3.63, 3.8) is 0 Å². The molecule has 1 amide bonds. The second-order valence-electron chi connectivity index (χ2n) is 6.28. The van der Waals surface area contributed by atoms with Crippen LogP contribution in [0.15, 0.2) is 67.0 Å². The molecule has 0 aliphatic carbocycles. The summed E-state index contributed by atoms with van der Waals surface area (Å²) in [5.41, 5.74) is 5.48. The highest BCUT2D eigenvalue weighted by molar-refractivity contribution is 6.05. The predicted molar refractivity (Wildman–Crippen MR) is 107 cm³/mol. The minimum Gasteiger partial charge on any atom is -0.340 e. The third kappa shape index (κ3) is 3.91. The molecule has 0 spiro atoms. The summed E-state index contributed by atoms with van der Waals surface area (Å²) in [4.78, 5) is 19.1. The van der Waals surface area contributed by atoms with Crippen molar-refractivity contribution in [2.75, 3.05) is 16.8 Å². The molecule has 0 atom stereocenters. The number of aryl methyl sites for hydroxylation is 2. The Morgan fingerprint density at radius 1 is 1.00 bits per heavy atom. The zero-order chi connectivity index (χ0) is 18.5. The van der Waals surface area contributed by atoms with Gasteiger partial charge in [0.1, 0.15) is 0 Å². The molecule has 2 aromatic carbocycles. The normalized spacial score (nSPS) is 10.4. The van der Waals surface area contributed by atoms with E-state index in [1.807, 2.05) is 68.4 Å². The Morgan fingerprint density at radius 2 is 1.77 bits per heavy atom. The molecule has 0 radical (unpaired) electrons. The highest BCUT2D eigenvalue weighted by atomic mass is 16.1. The number of carbonyl (C=O) groups is 1. The molecule has 0 unspecified atom stereocenters. The first-order chi connectivity index (χ1) is 12.6. The quantitative estimate of drug-likeness (QED) is 0.699. The van der Waals surface area contributed by atoms with Gasteiger partial charge in [0.05, 0.1) is 17.4 Å². The summed E-state index contributed by atoms with van der Waals surface area (Å²) in [6.07, 6.45) is 3.38. The average Bonchev–Trinajstić information content (AvgIpc) is 2.66. The molecule has 0 saturated heterocycles. The number of para-hydroxylation sites is 1. The molecule has 3 aromatic rings. The molecule has 1 aromatic heterocycles. The lowest BCUT2D eigenvalue weighted by Crippen LogP contribution is -2.18. The van der Waals surface area contributed by atoms with Gasteiger partial charge in [0.25, 0.3) is 5.91 Å². The first kappa shape index (κ1) is 17.7. The maximum Gasteiger partial charge on any atom is 0.257 e. The van der Waals surface area contributed by atoms with Gasteiger partial charge in [0.2, 0.25) is 0 Å². The molecule has 0 saturated carbocycles. The number of anilines is 3. The van der Waals surface area contributed by atoms with Gasteiger partial charge in [0.15, 0.2) is 0 Å². The number of nitrogens with zero attached hydrogens (tertiary/aromatic N) is 2. The number of pyridine rings is 1. The molecule has 1 heterocycles. The summed E-state index contributed by atoms with van der Waals surface area (Å²) in [6, 6.07) is 18.0. The highest BCUT2D eigenvalue weighted by Crippen LogP contribution is 2.25. The molecule has 0 aliphatic rings. The van der Waals surface area contributed by atoms with Gasteiger partial charge < -0.3 is 10.2 Å². The molecule has 3 rings (SSSR count). The van der Waals surface area contributed by atoms with Crippen LogP contribution in [-0.4, -0.2) is 17.4 Å². The Balaban J connectivity index is 1.86. The zero-order valence-electron chi connectivity index (χ0n) is 15.4. The maximum absolute atomic E-state index is 12.7. The second-order valence-corrected chi connectivity index (χ2v) is 6.28. The molecular weight excluding hydrogens is 322 g/mol. The van der Waals surface area contributed by atoms with Crippen LogP contribution in [0.1, 0.15) is 28.4 Å². The van der Waals surface area contributed by atoms with Crippen LogP contribution in [-0.2, 0) is 0 Å². The van der Waals surface area contributed by atoms with Crippen molar-refractivity contribution in [1.82, 2.24) is 4.98 Å². The van der Waals surface area contributed by atoms with E-state index in [4.69, 9.17) is 0 Å². The topological polar surface area (TPSA) is 45.2 Å². The number of nitrogens with one attached hydrogen (secondary N) is 1. The highest BCUT2D eigenvalue weighted by Gasteiger charge is 2.13. The molecule has 26 heavy (non-hydrogen) atoms. The van der Waals surface area contributed by atoms with Crippen LogP contribution in [0.4, 0.5) is 17.1 Å². The van der Waals surface area contributed by atoms with Crippen molar-refractivity contribution in [3.05, 3.63) is 83.7 Å². The first-order valence-corrected chi connectivity index (χ1v) is 8.74. The fourth-order valence-electron chi connectivity index (χ4n) is 2.89. The molecule has 0 bridgehead atoms. The van der Waals surface area contributed by atoms with Gasteiger partial charge in [-0.15, -0.1) is 0 Å². The van der Waals surface area contributed by atoms with Gasteiger partial charge in [-0.25, -0.2) is 0 Å². The molecule has 132 valence electrons. The Kier molecular flexibility index (Phi) is 5.32.